The fraction of sp³-hybridized carbons (Fsp3) is 0.400. The summed E-state index contributed by atoms with van der Waals surface area (Å²) in [6, 6.07) is 4.13. The summed E-state index contributed by atoms with van der Waals surface area (Å²) in [4.78, 5) is 4.93. The molecule has 0 unspecified atom stereocenters. The Balaban J connectivity index is 2.29. The summed E-state index contributed by atoms with van der Waals surface area (Å²) >= 11 is 0. The zero-order valence-corrected chi connectivity index (χ0v) is 12.3. The number of fused-ring (bicyclic) bond motifs is 1. The number of benzene rings is 1. The van der Waals surface area contributed by atoms with Gasteiger partial charge in [0.15, 0.2) is 0 Å². The lowest BCUT2D eigenvalue weighted by atomic mass is 10.1. The Morgan fingerprint density at radius 1 is 0.958 bits per heavy atom. The van der Waals surface area contributed by atoms with E-state index in [0.717, 1.165) is 12.1 Å². The van der Waals surface area contributed by atoms with Crippen LogP contribution in [0.15, 0.2) is 24.3 Å². The van der Waals surface area contributed by atoms with Gasteiger partial charge in [-0.1, -0.05) is 12.1 Å². The van der Waals surface area contributed by atoms with Crippen LogP contribution in [0.2, 0.25) is 0 Å². The lowest BCUT2D eigenvalue weighted by molar-refractivity contribution is -0.142. The van der Waals surface area contributed by atoms with Gasteiger partial charge in [-0.15, -0.1) is 0 Å². The van der Waals surface area contributed by atoms with E-state index < -0.39 is 29.1 Å². The molecule has 2 heterocycles. The summed E-state index contributed by atoms with van der Waals surface area (Å²) in [5.74, 6) is 0. The second-order valence-electron chi connectivity index (χ2n) is 5.46. The number of nitrogens with zero attached hydrogens (tertiary/aromatic N) is 2. The quantitative estimate of drug-likeness (QED) is 0.796. The number of anilines is 1. The van der Waals surface area contributed by atoms with Crippen molar-refractivity contribution in [3.63, 3.8) is 0 Å². The van der Waals surface area contributed by atoms with Gasteiger partial charge in [0.2, 0.25) is 0 Å². The molecular formula is C15H13F6N3. The van der Waals surface area contributed by atoms with Gasteiger partial charge in [-0.3, -0.25) is 0 Å². The third-order valence-corrected chi connectivity index (χ3v) is 3.87. The summed E-state index contributed by atoms with van der Waals surface area (Å²) in [6.45, 7) is 1.91. The van der Waals surface area contributed by atoms with Crippen molar-refractivity contribution >= 4 is 16.6 Å². The number of pyridine rings is 1. The fourth-order valence-electron chi connectivity index (χ4n) is 2.77. The van der Waals surface area contributed by atoms with Gasteiger partial charge in [0.25, 0.3) is 0 Å². The Morgan fingerprint density at radius 2 is 1.62 bits per heavy atom. The lowest BCUT2D eigenvalue weighted by Gasteiger charge is -2.31. The van der Waals surface area contributed by atoms with Gasteiger partial charge >= 0.3 is 12.4 Å². The highest BCUT2D eigenvalue weighted by molar-refractivity contribution is 5.94. The summed E-state index contributed by atoms with van der Waals surface area (Å²) < 4.78 is 78.9. The van der Waals surface area contributed by atoms with Crippen molar-refractivity contribution in [1.29, 1.82) is 0 Å². The molecule has 1 aliphatic heterocycles. The van der Waals surface area contributed by atoms with Gasteiger partial charge in [-0.05, 0) is 12.1 Å². The van der Waals surface area contributed by atoms with Gasteiger partial charge in [-0.2, -0.15) is 26.3 Å². The van der Waals surface area contributed by atoms with Gasteiger partial charge in [0, 0.05) is 37.3 Å². The minimum absolute atomic E-state index is 0.0692. The second-order valence-corrected chi connectivity index (χ2v) is 5.46. The molecule has 1 aromatic carbocycles. The molecule has 0 radical (unpaired) electrons. The number of halogens is 6. The maximum atomic E-state index is 13.2. The van der Waals surface area contributed by atoms with Crippen molar-refractivity contribution < 1.29 is 26.3 Å². The highest BCUT2D eigenvalue weighted by Crippen LogP contribution is 2.40. The van der Waals surface area contributed by atoms with Crippen LogP contribution in [-0.4, -0.2) is 31.2 Å². The Labute approximate surface area is 133 Å². The maximum absolute atomic E-state index is 13.2. The van der Waals surface area contributed by atoms with E-state index in [9.17, 15) is 26.3 Å². The zero-order chi connectivity index (χ0) is 17.5. The van der Waals surface area contributed by atoms with E-state index in [1.54, 1.807) is 4.90 Å². The molecule has 9 heteroatoms. The van der Waals surface area contributed by atoms with Crippen LogP contribution < -0.4 is 10.2 Å². The average molecular weight is 349 g/mol. The second kappa shape index (κ2) is 5.80. The molecule has 1 aliphatic rings. The number of para-hydroxylation sites is 1. The van der Waals surface area contributed by atoms with Gasteiger partial charge in [0.05, 0.1) is 11.1 Å². The molecule has 0 atom stereocenters. The molecule has 1 N–H and O–H groups in total. The van der Waals surface area contributed by atoms with E-state index in [4.69, 9.17) is 0 Å². The number of hydrogen-bond donors (Lipinski definition) is 1. The molecule has 0 bridgehead atoms. The van der Waals surface area contributed by atoms with Gasteiger partial charge in [-0.25, -0.2) is 4.98 Å². The van der Waals surface area contributed by atoms with Crippen LogP contribution in [0.5, 0.6) is 0 Å². The number of nitrogens with one attached hydrogen (secondary N) is 1. The van der Waals surface area contributed by atoms with Crippen molar-refractivity contribution in [2.45, 2.75) is 12.4 Å². The average Bonchev–Trinajstić information content (AvgIpc) is 2.52. The zero-order valence-electron chi connectivity index (χ0n) is 12.3. The normalized spacial score (nSPS) is 16.7. The fourth-order valence-corrected chi connectivity index (χ4v) is 2.77. The smallest absolute Gasteiger partial charge is 0.368 e. The molecule has 24 heavy (non-hydrogen) atoms. The monoisotopic (exact) mass is 349 g/mol. The molecule has 0 spiro atoms. The first kappa shape index (κ1) is 16.8. The number of piperazine rings is 1. The Kier molecular flexibility index (Phi) is 4.06. The van der Waals surface area contributed by atoms with Crippen LogP contribution in [0, 0.1) is 0 Å². The summed E-state index contributed by atoms with van der Waals surface area (Å²) in [5, 5.41) is 3.12. The number of aromatic nitrogens is 1. The largest absolute Gasteiger partial charge is 0.433 e. The van der Waals surface area contributed by atoms with E-state index in [0.29, 0.717) is 26.2 Å². The molecular weight excluding hydrogens is 336 g/mol. The highest BCUT2D eigenvalue weighted by Gasteiger charge is 2.38. The van der Waals surface area contributed by atoms with Crippen LogP contribution in [-0.2, 0) is 12.4 Å². The number of hydrogen-bond acceptors (Lipinski definition) is 3. The molecule has 0 aliphatic carbocycles. The van der Waals surface area contributed by atoms with E-state index in [-0.39, 0.29) is 11.1 Å². The van der Waals surface area contributed by atoms with Crippen molar-refractivity contribution in [2.24, 2.45) is 0 Å². The third kappa shape index (κ3) is 3.12. The Hall–Kier alpha value is -2.03. The SMILES string of the molecule is FC(F)(F)c1cc(N2CCNCC2)c2cccc(C(F)(F)F)c2n1. The molecule has 2 aromatic rings. The van der Waals surface area contributed by atoms with Crippen molar-refractivity contribution in [2.75, 3.05) is 31.1 Å². The van der Waals surface area contributed by atoms with Crippen molar-refractivity contribution in [3.05, 3.63) is 35.5 Å². The summed E-state index contributed by atoms with van der Waals surface area (Å²) in [5.41, 5.74) is -3.03. The van der Waals surface area contributed by atoms with Crippen LogP contribution in [0.3, 0.4) is 0 Å². The molecule has 1 fully saturated rings. The first-order valence-electron chi connectivity index (χ1n) is 7.22. The third-order valence-electron chi connectivity index (χ3n) is 3.87. The Bertz CT molecular complexity index is 747. The summed E-state index contributed by atoms with van der Waals surface area (Å²) in [7, 11) is 0. The molecule has 3 nitrogen and oxygen atoms in total. The van der Waals surface area contributed by atoms with Crippen LogP contribution in [0.1, 0.15) is 11.3 Å². The van der Waals surface area contributed by atoms with Crippen molar-refractivity contribution in [3.8, 4) is 0 Å². The van der Waals surface area contributed by atoms with Gasteiger partial charge in [0.1, 0.15) is 5.69 Å². The first-order valence-corrected chi connectivity index (χ1v) is 7.22. The molecule has 130 valence electrons. The lowest BCUT2D eigenvalue weighted by Crippen LogP contribution is -2.43. The Morgan fingerprint density at radius 3 is 2.21 bits per heavy atom. The standard InChI is InChI=1S/C15H13F6N3/c16-14(17,18)10-3-1-2-9-11(24-6-4-22-5-7-24)8-12(15(19,20)21)23-13(9)10/h1-3,8,22H,4-7H2. The molecule has 0 saturated carbocycles. The number of alkyl halides is 6. The molecule has 1 aromatic heterocycles. The first-order chi connectivity index (χ1) is 11.2. The number of rotatable bonds is 1. The van der Waals surface area contributed by atoms with Crippen LogP contribution >= 0.6 is 0 Å². The van der Waals surface area contributed by atoms with Gasteiger partial charge < -0.3 is 10.2 Å². The van der Waals surface area contributed by atoms with Crippen molar-refractivity contribution in [1.82, 2.24) is 10.3 Å². The van der Waals surface area contributed by atoms with E-state index in [1.165, 1.54) is 12.1 Å². The van der Waals surface area contributed by atoms with E-state index >= 15 is 0 Å². The minimum Gasteiger partial charge on any atom is -0.368 e. The molecule has 1 saturated heterocycles. The van der Waals surface area contributed by atoms with Crippen LogP contribution in [0.25, 0.3) is 10.9 Å². The van der Waals surface area contributed by atoms with E-state index in [1.807, 2.05) is 0 Å². The topological polar surface area (TPSA) is 28.2 Å². The minimum atomic E-state index is -4.82. The summed E-state index contributed by atoms with van der Waals surface area (Å²) in [6.07, 6.45) is -9.60. The van der Waals surface area contributed by atoms with Crippen LogP contribution in [0.4, 0.5) is 32.0 Å². The maximum Gasteiger partial charge on any atom is 0.433 e. The predicted molar refractivity (Wildman–Crippen MR) is 76.8 cm³/mol. The molecule has 3 rings (SSSR count). The highest BCUT2D eigenvalue weighted by atomic mass is 19.4. The predicted octanol–water partition coefficient (Wildman–Crippen LogP) is 3.68. The molecule has 0 amide bonds. The van der Waals surface area contributed by atoms with E-state index in [2.05, 4.69) is 10.3 Å².